The summed E-state index contributed by atoms with van der Waals surface area (Å²) in [6, 6.07) is 9.31. The number of amides is 1. The van der Waals surface area contributed by atoms with Crippen LogP contribution in [-0.4, -0.2) is 35.7 Å². The lowest BCUT2D eigenvalue weighted by atomic mass is 10.1. The molecule has 0 radical (unpaired) electrons. The normalized spacial score (nSPS) is 21.4. The van der Waals surface area contributed by atoms with E-state index >= 15 is 0 Å². The van der Waals surface area contributed by atoms with Crippen LogP contribution in [0.2, 0.25) is 0 Å². The van der Waals surface area contributed by atoms with E-state index in [1.54, 1.807) is 11.0 Å². The largest absolute Gasteiger partial charge is 0.462 e. The van der Waals surface area contributed by atoms with Crippen LogP contribution in [0.5, 0.6) is 0 Å². The first kappa shape index (κ1) is 14.1. The van der Waals surface area contributed by atoms with Crippen molar-refractivity contribution < 1.29 is 19.1 Å². The number of ether oxygens (including phenoxy) is 2. The van der Waals surface area contributed by atoms with E-state index in [9.17, 15) is 9.59 Å². The van der Waals surface area contributed by atoms with Gasteiger partial charge in [0.05, 0.1) is 6.04 Å². The van der Waals surface area contributed by atoms with Crippen molar-refractivity contribution in [3.8, 4) is 0 Å². The predicted octanol–water partition coefficient (Wildman–Crippen LogP) is 2.13. The molecule has 2 rings (SSSR count). The Kier molecular flexibility index (Phi) is 4.40. The SMILES string of the molecule is C=C[C@@H]1[C@@H](COC(C)=O)OC(=O)N1Cc1ccccc1. The Morgan fingerprint density at radius 2 is 2.15 bits per heavy atom. The molecule has 0 N–H and O–H groups in total. The first-order valence-electron chi connectivity index (χ1n) is 6.39. The van der Waals surface area contributed by atoms with Crippen LogP contribution in [0.4, 0.5) is 4.79 Å². The number of rotatable bonds is 5. The van der Waals surface area contributed by atoms with Gasteiger partial charge in [0.2, 0.25) is 0 Å². The van der Waals surface area contributed by atoms with Gasteiger partial charge in [-0.25, -0.2) is 4.79 Å². The zero-order valence-electron chi connectivity index (χ0n) is 11.3. The van der Waals surface area contributed by atoms with Gasteiger partial charge in [-0.2, -0.15) is 0 Å². The molecule has 2 atom stereocenters. The fourth-order valence-corrected chi connectivity index (χ4v) is 2.15. The van der Waals surface area contributed by atoms with E-state index in [0.29, 0.717) is 6.54 Å². The average molecular weight is 275 g/mol. The van der Waals surface area contributed by atoms with Crippen LogP contribution in [0.15, 0.2) is 43.0 Å². The number of carbonyl (C=O) groups excluding carboxylic acids is 2. The quantitative estimate of drug-likeness (QED) is 0.610. The van der Waals surface area contributed by atoms with Gasteiger partial charge in [-0.1, -0.05) is 36.4 Å². The van der Waals surface area contributed by atoms with Crippen molar-refractivity contribution in [2.45, 2.75) is 25.6 Å². The fraction of sp³-hybridized carbons (Fsp3) is 0.333. The Morgan fingerprint density at radius 1 is 1.45 bits per heavy atom. The third-order valence-electron chi connectivity index (χ3n) is 3.12. The van der Waals surface area contributed by atoms with Crippen LogP contribution in [0, 0.1) is 0 Å². The number of hydrogen-bond acceptors (Lipinski definition) is 4. The van der Waals surface area contributed by atoms with Crippen molar-refractivity contribution in [3.63, 3.8) is 0 Å². The maximum absolute atomic E-state index is 11.9. The molecule has 20 heavy (non-hydrogen) atoms. The molecule has 1 aliphatic rings. The van der Waals surface area contributed by atoms with Gasteiger partial charge in [0.1, 0.15) is 6.61 Å². The fourth-order valence-electron chi connectivity index (χ4n) is 2.15. The zero-order valence-corrected chi connectivity index (χ0v) is 11.3. The molecule has 0 spiro atoms. The lowest BCUT2D eigenvalue weighted by molar-refractivity contribution is -0.143. The molecule has 1 aromatic rings. The number of benzene rings is 1. The monoisotopic (exact) mass is 275 g/mol. The highest BCUT2D eigenvalue weighted by atomic mass is 16.6. The number of nitrogens with zero attached hydrogens (tertiary/aromatic N) is 1. The lowest BCUT2D eigenvalue weighted by Gasteiger charge is -2.21. The number of esters is 1. The number of hydrogen-bond donors (Lipinski definition) is 0. The predicted molar refractivity (Wildman–Crippen MR) is 72.9 cm³/mol. The van der Waals surface area contributed by atoms with E-state index < -0.39 is 18.2 Å². The summed E-state index contributed by atoms with van der Waals surface area (Å²) in [7, 11) is 0. The Labute approximate surface area is 117 Å². The first-order valence-corrected chi connectivity index (χ1v) is 6.39. The minimum absolute atomic E-state index is 0.0447. The van der Waals surface area contributed by atoms with Gasteiger partial charge in [0.25, 0.3) is 0 Å². The minimum atomic E-state index is -0.507. The minimum Gasteiger partial charge on any atom is -0.462 e. The molecule has 0 aliphatic carbocycles. The van der Waals surface area contributed by atoms with Gasteiger partial charge in [-0.3, -0.25) is 9.69 Å². The van der Waals surface area contributed by atoms with E-state index in [0.717, 1.165) is 5.56 Å². The highest BCUT2D eigenvalue weighted by molar-refractivity contribution is 5.71. The van der Waals surface area contributed by atoms with Gasteiger partial charge >= 0.3 is 12.1 Å². The van der Waals surface area contributed by atoms with Crippen LogP contribution in [0.1, 0.15) is 12.5 Å². The summed E-state index contributed by atoms with van der Waals surface area (Å²) >= 11 is 0. The Balaban J connectivity index is 2.06. The van der Waals surface area contributed by atoms with Crippen LogP contribution in [-0.2, 0) is 20.8 Å². The highest BCUT2D eigenvalue weighted by Gasteiger charge is 2.40. The standard InChI is InChI=1S/C15H17NO4/c1-3-13-14(10-19-11(2)17)20-15(18)16(13)9-12-7-5-4-6-8-12/h3-8,13-14H,1,9-10H2,2H3/t13-,14-/m1/s1. The molecule has 1 aromatic carbocycles. The first-order chi connectivity index (χ1) is 9.61. The molecule has 1 aliphatic heterocycles. The molecule has 0 unspecified atom stereocenters. The molecule has 1 heterocycles. The van der Waals surface area contributed by atoms with E-state index in [1.807, 2.05) is 30.3 Å². The van der Waals surface area contributed by atoms with Crippen molar-refractivity contribution >= 4 is 12.1 Å². The van der Waals surface area contributed by atoms with E-state index in [-0.39, 0.29) is 12.6 Å². The third-order valence-corrected chi connectivity index (χ3v) is 3.12. The molecular weight excluding hydrogens is 258 g/mol. The molecule has 0 aromatic heterocycles. The summed E-state index contributed by atoms with van der Waals surface area (Å²) in [6.07, 6.45) is 0.714. The second-order valence-corrected chi connectivity index (χ2v) is 4.56. The van der Waals surface area contributed by atoms with Gasteiger partial charge in [-0.15, -0.1) is 6.58 Å². The summed E-state index contributed by atoms with van der Waals surface area (Å²) in [5.41, 5.74) is 1.00. The van der Waals surface area contributed by atoms with Crippen molar-refractivity contribution in [1.29, 1.82) is 0 Å². The van der Waals surface area contributed by atoms with Crippen LogP contribution in [0.25, 0.3) is 0 Å². The maximum Gasteiger partial charge on any atom is 0.411 e. The lowest BCUT2D eigenvalue weighted by Crippen LogP contribution is -2.36. The van der Waals surface area contributed by atoms with Crippen molar-refractivity contribution in [2.75, 3.05) is 6.61 Å². The zero-order chi connectivity index (χ0) is 14.5. The summed E-state index contributed by atoms with van der Waals surface area (Å²) in [4.78, 5) is 24.3. The molecule has 5 heteroatoms. The molecule has 0 bridgehead atoms. The second-order valence-electron chi connectivity index (χ2n) is 4.56. The van der Waals surface area contributed by atoms with Crippen LogP contribution >= 0.6 is 0 Å². The van der Waals surface area contributed by atoms with Crippen LogP contribution in [0.3, 0.4) is 0 Å². The van der Waals surface area contributed by atoms with Gasteiger partial charge in [0.15, 0.2) is 6.10 Å². The van der Waals surface area contributed by atoms with E-state index in [4.69, 9.17) is 9.47 Å². The van der Waals surface area contributed by atoms with Gasteiger partial charge in [-0.05, 0) is 5.56 Å². The smallest absolute Gasteiger partial charge is 0.411 e. The van der Waals surface area contributed by atoms with E-state index in [1.165, 1.54) is 6.92 Å². The van der Waals surface area contributed by atoms with Crippen molar-refractivity contribution in [1.82, 2.24) is 4.90 Å². The summed E-state index contributed by atoms with van der Waals surface area (Å²) in [6.45, 7) is 5.53. The molecule has 106 valence electrons. The van der Waals surface area contributed by atoms with Crippen molar-refractivity contribution in [2.24, 2.45) is 0 Å². The van der Waals surface area contributed by atoms with E-state index in [2.05, 4.69) is 6.58 Å². The molecule has 1 amide bonds. The number of carbonyl (C=O) groups is 2. The summed E-state index contributed by atoms with van der Waals surface area (Å²) in [5, 5.41) is 0. The molecule has 0 saturated carbocycles. The Hall–Kier alpha value is -2.30. The molecule has 5 nitrogen and oxygen atoms in total. The molecule has 1 fully saturated rings. The third kappa shape index (κ3) is 3.17. The van der Waals surface area contributed by atoms with Gasteiger partial charge in [0, 0.05) is 13.5 Å². The topological polar surface area (TPSA) is 55.8 Å². The summed E-state index contributed by atoms with van der Waals surface area (Å²) in [5.74, 6) is -0.398. The molecule has 1 saturated heterocycles. The highest BCUT2D eigenvalue weighted by Crippen LogP contribution is 2.23. The summed E-state index contributed by atoms with van der Waals surface area (Å²) < 4.78 is 10.2. The van der Waals surface area contributed by atoms with Gasteiger partial charge < -0.3 is 9.47 Å². The number of cyclic esters (lactones) is 1. The van der Waals surface area contributed by atoms with Crippen molar-refractivity contribution in [3.05, 3.63) is 48.6 Å². The van der Waals surface area contributed by atoms with Crippen LogP contribution < -0.4 is 0 Å². The molecular formula is C15H17NO4. The Morgan fingerprint density at radius 3 is 2.75 bits per heavy atom. The average Bonchev–Trinajstić information content (AvgIpc) is 2.73. The Bertz CT molecular complexity index is 500. The second kappa shape index (κ2) is 6.23. The maximum atomic E-state index is 11.9.